The van der Waals surface area contributed by atoms with Gasteiger partial charge in [0.1, 0.15) is 12.7 Å². The SMILES string of the molecule is CC/C=C\CC1OC1C/C=C\C/C=C\C/C=C\C/C=C\CCC(=O)O[C@H](COC(=O)CCC/C=C\C/C=C\C/C=C\CCCCCCCC)COP(=O)(O)OC[C@@H](O)CO. The Kier molecular flexibility index (Phi) is 35.4. The van der Waals surface area contributed by atoms with Crippen molar-refractivity contribution in [2.24, 2.45) is 0 Å². The highest BCUT2D eigenvalue weighted by molar-refractivity contribution is 7.47. The van der Waals surface area contributed by atoms with Crippen LogP contribution in [-0.4, -0.2) is 77.9 Å². The molecule has 0 aromatic heterocycles. The molecule has 3 unspecified atom stereocenters. The van der Waals surface area contributed by atoms with Gasteiger partial charge in [0.25, 0.3) is 0 Å². The van der Waals surface area contributed by atoms with E-state index < -0.39 is 51.8 Å². The molecule has 1 heterocycles. The highest BCUT2D eigenvalue weighted by Crippen LogP contribution is 2.43. The van der Waals surface area contributed by atoms with E-state index in [1.165, 1.54) is 38.5 Å². The molecule has 340 valence electrons. The minimum absolute atomic E-state index is 0.0395. The van der Waals surface area contributed by atoms with Gasteiger partial charge in [-0.25, -0.2) is 4.57 Å². The molecule has 1 saturated heterocycles. The average Bonchev–Trinajstić information content (AvgIpc) is 3.99. The molecule has 0 spiro atoms. The van der Waals surface area contributed by atoms with E-state index in [4.69, 9.17) is 23.8 Å². The third kappa shape index (κ3) is 35.6. The van der Waals surface area contributed by atoms with Crippen LogP contribution in [0.15, 0.2) is 97.2 Å². The van der Waals surface area contributed by atoms with Crippen LogP contribution in [0, 0.1) is 0 Å². The Morgan fingerprint density at radius 2 is 1.10 bits per heavy atom. The number of aliphatic hydroxyl groups excluding tert-OH is 2. The predicted molar refractivity (Wildman–Crippen MR) is 241 cm³/mol. The molecule has 1 rings (SSSR count). The Morgan fingerprint density at radius 3 is 1.68 bits per heavy atom. The summed E-state index contributed by atoms with van der Waals surface area (Å²) in [7, 11) is -4.66. The maximum atomic E-state index is 12.6. The van der Waals surface area contributed by atoms with E-state index in [2.05, 4.69) is 97.4 Å². The van der Waals surface area contributed by atoms with E-state index in [9.17, 15) is 24.2 Å². The molecule has 0 aromatic carbocycles. The second-order valence-corrected chi connectivity index (χ2v) is 16.2. The van der Waals surface area contributed by atoms with Gasteiger partial charge in [0, 0.05) is 12.8 Å². The molecule has 0 saturated carbocycles. The van der Waals surface area contributed by atoms with Gasteiger partial charge in [-0.2, -0.15) is 0 Å². The van der Waals surface area contributed by atoms with Crippen molar-refractivity contribution in [2.45, 2.75) is 167 Å². The molecule has 11 nitrogen and oxygen atoms in total. The van der Waals surface area contributed by atoms with E-state index in [1.54, 1.807) is 0 Å². The lowest BCUT2D eigenvalue weighted by Gasteiger charge is -2.20. The first-order valence-electron chi connectivity index (χ1n) is 22.3. The van der Waals surface area contributed by atoms with Crippen molar-refractivity contribution in [1.29, 1.82) is 0 Å². The summed E-state index contributed by atoms with van der Waals surface area (Å²) in [4.78, 5) is 35.0. The van der Waals surface area contributed by atoms with Crippen LogP contribution in [0.4, 0.5) is 0 Å². The molecule has 0 radical (unpaired) electrons. The first-order valence-corrected chi connectivity index (χ1v) is 23.8. The summed E-state index contributed by atoms with van der Waals surface area (Å²) >= 11 is 0. The molecule has 1 fully saturated rings. The minimum Gasteiger partial charge on any atom is -0.462 e. The van der Waals surface area contributed by atoms with Crippen LogP contribution in [0.3, 0.4) is 0 Å². The molecule has 0 aliphatic carbocycles. The van der Waals surface area contributed by atoms with Crippen molar-refractivity contribution in [3.8, 4) is 0 Å². The number of phosphoric ester groups is 1. The summed E-state index contributed by atoms with van der Waals surface area (Å²) in [5.74, 6) is -1.10. The number of hydrogen-bond donors (Lipinski definition) is 3. The van der Waals surface area contributed by atoms with E-state index in [0.29, 0.717) is 37.9 Å². The van der Waals surface area contributed by atoms with Gasteiger partial charge in [0.05, 0.1) is 32.0 Å². The van der Waals surface area contributed by atoms with Gasteiger partial charge in [-0.3, -0.25) is 18.6 Å². The Balaban J connectivity index is 2.34. The first-order chi connectivity index (χ1) is 29.2. The molecule has 12 heteroatoms. The van der Waals surface area contributed by atoms with Crippen molar-refractivity contribution >= 4 is 19.8 Å². The van der Waals surface area contributed by atoms with Crippen LogP contribution < -0.4 is 0 Å². The highest BCUT2D eigenvalue weighted by Gasteiger charge is 2.36. The molecule has 5 atom stereocenters. The Morgan fingerprint density at radius 1 is 0.600 bits per heavy atom. The fourth-order valence-electron chi connectivity index (χ4n) is 5.60. The average molecular weight is 861 g/mol. The van der Waals surface area contributed by atoms with Gasteiger partial charge >= 0.3 is 19.8 Å². The van der Waals surface area contributed by atoms with Crippen molar-refractivity contribution in [3.63, 3.8) is 0 Å². The zero-order chi connectivity index (χ0) is 43.8. The summed E-state index contributed by atoms with van der Waals surface area (Å²) in [5, 5.41) is 18.3. The molecule has 0 aromatic rings. The molecule has 3 N–H and O–H groups in total. The van der Waals surface area contributed by atoms with Gasteiger partial charge in [0.15, 0.2) is 6.10 Å². The quantitative estimate of drug-likeness (QED) is 0.0177. The zero-order valence-corrected chi connectivity index (χ0v) is 37.5. The van der Waals surface area contributed by atoms with Crippen molar-refractivity contribution in [2.75, 3.05) is 26.4 Å². The lowest BCUT2D eigenvalue weighted by Crippen LogP contribution is -2.29. The van der Waals surface area contributed by atoms with Gasteiger partial charge in [0.2, 0.25) is 0 Å². The van der Waals surface area contributed by atoms with Gasteiger partial charge in [-0.15, -0.1) is 0 Å². The Labute approximate surface area is 361 Å². The number of unbranched alkanes of at least 4 members (excludes halogenated alkanes) is 7. The van der Waals surface area contributed by atoms with E-state index in [1.807, 2.05) is 18.2 Å². The smallest absolute Gasteiger partial charge is 0.462 e. The van der Waals surface area contributed by atoms with Crippen molar-refractivity contribution < 1.29 is 52.5 Å². The maximum Gasteiger partial charge on any atom is 0.472 e. The van der Waals surface area contributed by atoms with Crippen LogP contribution in [-0.2, 0) is 37.4 Å². The number of epoxide rings is 1. The van der Waals surface area contributed by atoms with E-state index >= 15 is 0 Å². The van der Waals surface area contributed by atoms with Crippen LogP contribution in [0.5, 0.6) is 0 Å². The number of ether oxygens (including phenoxy) is 3. The predicted octanol–water partition coefficient (Wildman–Crippen LogP) is 11.0. The first kappa shape index (κ1) is 54.9. The van der Waals surface area contributed by atoms with Crippen LogP contribution in [0.25, 0.3) is 0 Å². The largest absolute Gasteiger partial charge is 0.472 e. The van der Waals surface area contributed by atoms with E-state index in [0.717, 1.165) is 51.4 Å². The van der Waals surface area contributed by atoms with Gasteiger partial charge < -0.3 is 29.3 Å². The Hall–Kier alpha value is -3.15. The lowest BCUT2D eigenvalue weighted by atomic mass is 10.1. The van der Waals surface area contributed by atoms with Crippen LogP contribution in [0.2, 0.25) is 0 Å². The number of esters is 2. The monoisotopic (exact) mass is 861 g/mol. The zero-order valence-electron chi connectivity index (χ0n) is 36.6. The fraction of sp³-hybridized carbons (Fsp3) is 0.625. The summed E-state index contributed by atoms with van der Waals surface area (Å²) in [6.07, 6.45) is 50.1. The maximum absolute atomic E-state index is 12.6. The summed E-state index contributed by atoms with van der Waals surface area (Å²) < 4.78 is 38.3. The summed E-state index contributed by atoms with van der Waals surface area (Å²) in [6, 6.07) is 0. The molecule has 0 amide bonds. The highest BCUT2D eigenvalue weighted by atomic mass is 31.2. The number of allylic oxidation sites excluding steroid dienone is 14. The molecular formula is C48H77O11P. The fourth-order valence-corrected chi connectivity index (χ4v) is 6.39. The standard InChI is InChI=1S/C48H77O11P/c1-3-5-7-8-9-10-11-12-13-14-15-16-20-23-26-29-33-37-47(51)55-41-44(42-57-60(53,54)56-40-43(50)39-49)58-48(52)38-34-30-27-24-21-18-17-19-22-25-28-32-36-46-45(59-46)35-31-6-4-2/h6,12-13,15-16,18-19,21-23,26-28,30-32,43-46,49-50H,3-5,7-11,14,17,20,24-25,29,33-42H2,1-2H3,(H,53,54)/b13-12-,16-15-,21-18-,22-19-,26-23-,30-27-,31-6-,32-28-/t43-,44+,45?,46?/m0/s1. The topological polar surface area (TPSA) is 161 Å². The normalized spacial score (nSPS) is 18.1. The lowest BCUT2D eigenvalue weighted by molar-refractivity contribution is -0.161. The second kappa shape index (κ2) is 38.7. The molecular weight excluding hydrogens is 783 g/mol. The summed E-state index contributed by atoms with van der Waals surface area (Å²) in [6.45, 7) is 2.09. The number of carbonyl (C=O) groups excluding carboxylic acids is 2. The summed E-state index contributed by atoms with van der Waals surface area (Å²) in [5.41, 5.74) is 0. The van der Waals surface area contributed by atoms with Crippen LogP contribution >= 0.6 is 7.82 Å². The number of carbonyl (C=O) groups is 2. The molecule has 60 heavy (non-hydrogen) atoms. The molecule has 1 aliphatic heterocycles. The number of phosphoric acid groups is 1. The van der Waals surface area contributed by atoms with Gasteiger partial charge in [-0.05, 0) is 83.5 Å². The molecule has 0 bridgehead atoms. The minimum atomic E-state index is -4.66. The van der Waals surface area contributed by atoms with Crippen molar-refractivity contribution in [1.82, 2.24) is 0 Å². The third-order valence-corrected chi connectivity index (χ3v) is 10.1. The number of aliphatic hydroxyl groups is 2. The van der Waals surface area contributed by atoms with Gasteiger partial charge in [-0.1, -0.05) is 143 Å². The number of rotatable bonds is 39. The van der Waals surface area contributed by atoms with Crippen molar-refractivity contribution in [3.05, 3.63) is 97.2 Å². The third-order valence-electron chi connectivity index (χ3n) is 9.14. The number of hydrogen-bond acceptors (Lipinski definition) is 10. The Bertz CT molecular complexity index is 1380. The second-order valence-electron chi connectivity index (χ2n) is 14.7. The van der Waals surface area contributed by atoms with Crippen LogP contribution in [0.1, 0.15) is 142 Å². The van der Waals surface area contributed by atoms with E-state index in [-0.39, 0.29) is 19.4 Å². The molecule has 1 aliphatic rings.